The number of benzene rings is 1. The van der Waals surface area contributed by atoms with Crippen LogP contribution in [0.2, 0.25) is 5.02 Å². The maximum absolute atomic E-state index is 5.91. The van der Waals surface area contributed by atoms with Crippen molar-refractivity contribution in [2.45, 2.75) is 33.0 Å². The lowest BCUT2D eigenvalue weighted by atomic mass is 10.2. The number of thiocarbonyl (C=S) groups is 1. The third kappa shape index (κ3) is 4.62. The van der Waals surface area contributed by atoms with E-state index in [0.717, 1.165) is 28.5 Å². The highest BCUT2D eigenvalue weighted by atomic mass is 35.5. The van der Waals surface area contributed by atoms with Gasteiger partial charge in [-0.25, -0.2) is 0 Å². The zero-order valence-corrected chi connectivity index (χ0v) is 16.3. The molecule has 0 saturated carbocycles. The fourth-order valence-electron chi connectivity index (χ4n) is 2.70. The molecule has 1 unspecified atom stereocenters. The maximum atomic E-state index is 5.91. The van der Waals surface area contributed by atoms with Gasteiger partial charge in [0.1, 0.15) is 0 Å². The molecule has 26 heavy (non-hydrogen) atoms. The molecule has 0 aliphatic heterocycles. The average Bonchev–Trinajstić information content (AvgIpc) is 3.26. The molecule has 0 radical (unpaired) electrons. The molecule has 0 aliphatic carbocycles. The molecular weight excluding hydrogens is 368 g/mol. The minimum Gasteiger partial charge on any atom is -0.354 e. The summed E-state index contributed by atoms with van der Waals surface area (Å²) < 4.78 is 3.80. The molecule has 8 heteroatoms. The monoisotopic (exact) mass is 388 g/mol. The minimum absolute atomic E-state index is 0.0570. The van der Waals surface area contributed by atoms with Crippen LogP contribution >= 0.6 is 23.8 Å². The van der Waals surface area contributed by atoms with E-state index in [1.54, 1.807) is 12.4 Å². The van der Waals surface area contributed by atoms with Crippen LogP contribution in [0.15, 0.2) is 48.9 Å². The van der Waals surface area contributed by atoms with Gasteiger partial charge in [0.25, 0.3) is 0 Å². The van der Waals surface area contributed by atoms with Crippen LogP contribution in [0.3, 0.4) is 0 Å². The first kappa shape index (κ1) is 18.4. The highest BCUT2D eigenvalue weighted by molar-refractivity contribution is 7.80. The fraction of sp³-hybridized carbons (Fsp3) is 0.278. The smallest absolute Gasteiger partial charge is 0.171 e. The molecule has 0 fully saturated rings. The number of hydrogen-bond donors (Lipinski definition) is 2. The van der Waals surface area contributed by atoms with E-state index < -0.39 is 0 Å². The van der Waals surface area contributed by atoms with E-state index in [0.29, 0.717) is 11.7 Å². The Morgan fingerprint density at radius 3 is 2.73 bits per heavy atom. The van der Waals surface area contributed by atoms with Gasteiger partial charge in [-0.05, 0) is 49.8 Å². The molecule has 0 aliphatic rings. The van der Waals surface area contributed by atoms with Crippen LogP contribution in [0.5, 0.6) is 0 Å². The van der Waals surface area contributed by atoms with Crippen LogP contribution in [0.25, 0.3) is 0 Å². The highest BCUT2D eigenvalue weighted by Crippen LogP contribution is 2.14. The van der Waals surface area contributed by atoms with Crippen LogP contribution in [-0.2, 0) is 13.1 Å². The molecule has 0 amide bonds. The van der Waals surface area contributed by atoms with Gasteiger partial charge < -0.3 is 10.6 Å². The van der Waals surface area contributed by atoms with E-state index in [4.69, 9.17) is 23.8 Å². The average molecular weight is 389 g/mol. The van der Waals surface area contributed by atoms with Gasteiger partial charge in [0, 0.05) is 24.0 Å². The second kappa shape index (κ2) is 8.33. The predicted octanol–water partition coefficient (Wildman–Crippen LogP) is 3.85. The Kier molecular flexibility index (Phi) is 5.90. The number of anilines is 1. The van der Waals surface area contributed by atoms with Crippen molar-refractivity contribution >= 4 is 34.6 Å². The Labute approximate surface area is 163 Å². The summed E-state index contributed by atoms with van der Waals surface area (Å²) in [6.45, 7) is 5.62. The number of aryl methyl sites for hydroxylation is 1. The summed E-state index contributed by atoms with van der Waals surface area (Å²) >= 11 is 11.3. The van der Waals surface area contributed by atoms with Crippen molar-refractivity contribution in [3.05, 3.63) is 65.2 Å². The Bertz CT molecular complexity index is 870. The first-order valence-electron chi connectivity index (χ1n) is 8.41. The van der Waals surface area contributed by atoms with Gasteiger partial charge in [-0.2, -0.15) is 10.2 Å². The van der Waals surface area contributed by atoms with Gasteiger partial charge in [0.05, 0.1) is 30.2 Å². The fourth-order valence-corrected chi connectivity index (χ4v) is 3.12. The number of rotatable bonds is 6. The van der Waals surface area contributed by atoms with Crippen LogP contribution < -0.4 is 10.6 Å². The molecule has 1 aromatic carbocycles. The van der Waals surface area contributed by atoms with E-state index >= 15 is 0 Å². The van der Waals surface area contributed by atoms with E-state index in [1.165, 1.54) is 0 Å². The van der Waals surface area contributed by atoms with Crippen molar-refractivity contribution in [1.82, 2.24) is 24.9 Å². The van der Waals surface area contributed by atoms with Crippen LogP contribution in [0.4, 0.5) is 5.69 Å². The number of hydrogen-bond acceptors (Lipinski definition) is 3. The van der Waals surface area contributed by atoms with Crippen LogP contribution in [0, 0.1) is 0 Å². The van der Waals surface area contributed by atoms with Gasteiger partial charge in [0.15, 0.2) is 5.11 Å². The van der Waals surface area contributed by atoms with E-state index in [2.05, 4.69) is 34.7 Å². The van der Waals surface area contributed by atoms with Gasteiger partial charge in [0.2, 0.25) is 0 Å². The lowest BCUT2D eigenvalue weighted by Crippen LogP contribution is -2.32. The van der Waals surface area contributed by atoms with Gasteiger partial charge in [-0.3, -0.25) is 9.36 Å². The highest BCUT2D eigenvalue weighted by Gasteiger charge is 2.12. The molecule has 2 N–H and O–H groups in total. The summed E-state index contributed by atoms with van der Waals surface area (Å²) in [6.07, 6.45) is 5.47. The van der Waals surface area contributed by atoms with Crippen molar-refractivity contribution < 1.29 is 0 Å². The van der Waals surface area contributed by atoms with Crippen molar-refractivity contribution in [3.63, 3.8) is 0 Å². The Hall–Kier alpha value is -2.38. The molecule has 3 aromatic rings. The van der Waals surface area contributed by atoms with Crippen molar-refractivity contribution in [3.8, 4) is 0 Å². The SMILES string of the molecule is CCn1nccc1C(C)NC(=S)Nc1cnn(Cc2ccc(Cl)cc2)c1. The molecule has 3 rings (SSSR count). The lowest BCUT2D eigenvalue weighted by molar-refractivity contribution is 0.568. The minimum atomic E-state index is 0.0570. The van der Waals surface area contributed by atoms with Crippen molar-refractivity contribution in [2.24, 2.45) is 0 Å². The molecular formula is C18H21ClN6S. The van der Waals surface area contributed by atoms with Crippen molar-refractivity contribution in [2.75, 3.05) is 5.32 Å². The third-order valence-corrected chi connectivity index (χ3v) is 4.46. The summed E-state index contributed by atoms with van der Waals surface area (Å²) in [5.41, 5.74) is 3.06. The summed E-state index contributed by atoms with van der Waals surface area (Å²) in [5.74, 6) is 0. The molecule has 6 nitrogen and oxygen atoms in total. The predicted molar refractivity (Wildman–Crippen MR) is 108 cm³/mol. The third-order valence-electron chi connectivity index (χ3n) is 3.99. The zero-order valence-electron chi connectivity index (χ0n) is 14.7. The molecule has 0 saturated heterocycles. The largest absolute Gasteiger partial charge is 0.354 e. The van der Waals surface area contributed by atoms with Crippen LogP contribution in [0.1, 0.15) is 31.1 Å². The van der Waals surface area contributed by atoms with E-state index in [1.807, 2.05) is 45.9 Å². The summed E-state index contributed by atoms with van der Waals surface area (Å²) in [4.78, 5) is 0. The number of nitrogens with zero attached hydrogens (tertiary/aromatic N) is 4. The lowest BCUT2D eigenvalue weighted by Gasteiger charge is -2.17. The normalized spacial score (nSPS) is 12.0. The Morgan fingerprint density at radius 1 is 1.23 bits per heavy atom. The Balaban J connectivity index is 1.56. The van der Waals surface area contributed by atoms with Crippen molar-refractivity contribution in [1.29, 1.82) is 0 Å². The second-order valence-corrected chi connectivity index (χ2v) is 6.79. The van der Waals surface area contributed by atoms with E-state index in [9.17, 15) is 0 Å². The summed E-state index contributed by atoms with van der Waals surface area (Å²) in [6, 6.07) is 9.78. The molecule has 136 valence electrons. The maximum Gasteiger partial charge on any atom is 0.171 e. The van der Waals surface area contributed by atoms with E-state index in [-0.39, 0.29) is 6.04 Å². The Morgan fingerprint density at radius 2 is 2.00 bits per heavy atom. The number of aromatic nitrogens is 4. The zero-order chi connectivity index (χ0) is 18.5. The molecule has 1 atom stereocenters. The molecule has 2 aromatic heterocycles. The molecule has 0 spiro atoms. The first-order chi connectivity index (χ1) is 12.5. The first-order valence-corrected chi connectivity index (χ1v) is 9.20. The quantitative estimate of drug-likeness (QED) is 0.628. The topological polar surface area (TPSA) is 59.7 Å². The number of halogens is 1. The van der Waals surface area contributed by atoms with Gasteiger partial charge in [-0.15, -0.1) is 0 Å². The summed E-state index contributed by atoms with van der Waals surface area (Å²) in [5, 5.41) is 16.4. The van der Waals surface area contributed by atoms with Gasteiger partial charge in [-0.1, -0.05) is 23.7 Å². The standard InChI is InChI=1S/C18H21ClN6S/c1-3-25-17(8-9-20-25)13(2)22-18(26)23-16-10-21-24(12-16)11-14-4-6-15(19)7-5-14/h4-10,12-13H,3,11H2,1-2H3,(H2,22,23,26). The molecule has 0 bridgehead atoms. The van der Waals surface area contributed by atoms with Crippen LogP contribution in [-0.4, -0.2) is 24.7 Å². The molecule has 2 heterocycles. The number of nitrogens with one attached hydrogen (secondary N) is 2. The second-order valence-electron chi connectivity index (χ2n) is 5.95. The summed E-state index contributed by atoms with van der Waals surface area (Å²) in [7, 11) is 0. The van der Waals surface area contributed by atoms with Gasteiger partial charge >= 0.3 is 0 Å².